The molecular weight excluding hydrogens is 429 g/mol. The molecule has 1 aromatic carbocycles. The molecule has 1 aliphatic heterocycles. The minimum atomic E-state index is -0.783. The van der Waals surface area contributed by atoms with Gasteiger partial charge in [-0.2, -0.15) is 5.26 Å². The minimum absolute atomic E-state index is 0.0373. The number of halogens is 1. The molecule has 1 amide bonds. The number of amides is 1. The topological polar surface area (TPSA) is 123 Å². The van der Waals surface area contributed by atoms with Crippen molar-refractivity contribution in [3.8, 4) is 11.8 Å². The van der Waals surface area contributed by atoms with E-state index in [0.717, 1.165) is 0 Å². The van der Waals surface area contributed by atoms with Crippen LogP contribution in [0, 0.1) is 17.1 Å². The molecule has 0 radical (unpaired) electrons. The van der Waals surface area contributed by atoms with Crippen molar-refractivity contribution in [1.82, 2.24) is 9.47 Å². The highest BCUT2D eigenvalue weighted by Gasteiger charge is 2.29. The number of piperidine rings is 1. The van der Waals surface area contributed by atoms with E-state index in [-0.39, 0.29) is 34.8 Å². The highest BCUT2D eigenvalue weighted by Crippen LogP contribution is 2.32. The summed E-state index contributed by atoms with van der Waals surface area (Å²) in [6.45, 7) is 6.43. The number of esters is 1. The van der Waals surface area contributed by atoms with Crippen LogP contribution in [0.4, 0.5) is 20.6 Å². The largest absolute Gasteiger partial charge is 0.464 e. The zero-order chi connectivity index (χ0) is 24.3. The molecule has 0 bridgehead atoms. The third kappa shape index (κ3) is 5.19. The number of carbonyl (C=O) groups is 2. The van der Waals surface area contributed by atoms with Gasteiger partial charge in [-0.25, -0.2) is 14.0 Å². The number of para-hydroxylation sites is 1. The lowest BCUT2D eigenvalue weighted by molar-refractivity contribution is 0.0210. The Morgan fingerprint density at radius 2 is 1.94 bits per heavy atom. The predicted octanol–water partition coefficient (Wildman–Crippen LogP) is 3.67. The monoisotopic (exact) mass is 457 g/mol. The standard InChI is InChI=1S/C23H28FN5O4/c1-23(2,3)33-22(31)28-10-8-15(9-11-28)27-17-7-5-6-16(24)19(17)29-13-14(12-25)18(26)20(29)21(30)32-4/h5-7,13,15,27H,8-11,26H2,1-4H3. The number of carbonyl (C=O) groups excluding carboxylic acids is 2. The van der Waals surface area contributed by atoms with E-state index >= 15 is 4.39 Å². The number of nitrogen functional groups attached to an aromatic ring is 1. The first kappa shape index (κ1) is 23.9. The summed E-state index contributed by atoms with van der Waals surface area (Å²) >= 11 is 0. The molecule has 0 aliphatic carbocycles. The van der Waals surface area contributed by atoms with Crippen molar-refractivity contribution in [1.29, 1.82) is 5.26 Å². The SMILES string of the molecule is COC(=O)c1c(N)c(C#N)cn1-c1c(F)cccc1NC1CCN(C(=O)OC(C)(C)C)CC1. The second-order valence-electron chi connectivity index (χ2n) is 8.80. The van der Waals surface area contributed by atoms with Crippen LogP contribution >= 0.6 is 0 Å². The molecular formula is C23H28FN5O4. The van der Waals surface area contributed by atoms with Gasteiger partial charge in [0, 0.05) is 25.3 Å². The van der Waals surface area contributed by atoms with Crippen molar-refractivity contribution in [2.75, 3.05) is 31.2 Å². The lowest BCUT2D eigenvalue weighted by Gasteiger charge is -2.34. The fourth-order valence-corrected chi connectivity index (χ4v) is 3.72. The normalized spacial score (nSPS) is 14.5. The Balaban J connectivity index is 1.85. The lowest BCUT2D eigenvalue weighted by atomic mass is 10.0. The molecule has 176 valence electrons. The van der Waals surface area contributed by atoms with Crippen LogP contribution in [-0.4, -0.2) is 53.4 Å². The van der Waals surface area contributed by atoms with Gasteiger partial charge in [-0.15, -0.1) is 0 Å². The summed E-state index contributed by atoms with van der Waals surface area (Å²) in [5.74, 6) is -1.38. The first-order chi connectivity index (χ1) is 15.6. The van der Waals surface area contributed by atoms with E-state index in [0.29, 0.717) is 31.6 Å². The van der Waals surface area contributed by atoms with Gasteiger partial charge in [-0.3, -0.25) is 0 Å². The van der Waals surface area contributed by atoms with Gasteiger partial charge in [0.25, 0.3) is 0 Å². The first-order valence-electron chi connectivity index (χ1n) is 10.6. The number of rotatable bonds is 4. The van der Waals surface area contributed by atoms with Crippen molar-refractivity contribution in [3.05, 3.63) is 41.5 Å². The quantitative estimate of drug-likeness (QED) is 0.672. The minimum Gasteiger partial charge on any atom is -0.464 e. The van der Waals surface area contributed by atoms with Gasteiger partial charge in [-0.1, -0.05) is 6.07 Å². The van der Waals surface area contributed by atoms with Gasteiger partial charge in [-0.05, 0) is 45.7 Å². The highest BCUT2D eigenvalue weighted by atomic mass is 19.1. The molecule has 10 heteroatoms. The van der Waals surface area contributed by atoms with Crippen LogP contribution < -0.4 is 11.1 Å². The molecule has 1 aliphatic rings. The second-order valence-corrected chi connectivity index (χ2v) is 8.80. The number of aromatic nitrogens is 1. The van der Waals surface area contributed by atoms with Crippen molar-refractivity contribution in [2.45, 2.75) is 45.3 Å². The van der Waals surface area contributed by atoms with E-state index in [2.05, 4.69) is 5.32 Å². The Kier molecular flexibility index (Phi) is 6.81. The lowest BCUT2D eigenvalue weighted by Crippen LogP contribution is -2.44. The fourth-order valence-electron chi connectivity index (χ4n) is 3.72. The van der Waals surface area contributed by atoms with E-state index in [4.69, 9.17) is 15.2 Å². The van der Waals surface area contributed by atoms with Crippen LogP contribution in [0.5, 0.6) is 0 Å². The molecule has 3 rings (SSSR count). The van der Waals surface area contributed by atoms with Gasteiger partial charge in [0.2, 0.25) is 0 Å². The van der Waals surface area contributed by atoms with E-state index < -0.39 is 17.4 Å². The van der Waals surface area contributed by atoms with Crippen LogP contribution in [-0.2, 0) is 9.47 Å². The average Bonchev–Trinajstić information content (AvgIpc) is 3.08. The number of nitrogens with zero attached hydrogens (tertiary/aromatic N) is 3. The zero-order valence-corrected chi connectivity index (χ0v) is 19.1. The van der Waals surface area contributed by atoms with Gasteiger partial charge < -0.3 is 30.0 Å². The number of hydrogen-bond acceptors (Lipinski definition) is 7. The molecule has 0 saturated carbocycles. The number of benzene rings is 1. The first-order valence-corrected chi connectivity index (χ1v) is 10.6. The van der Waals surface area contributed by atoms with Gasteiger partial charge in [0.1, 0.15) is 23.2 Å². The number of methoxy groups -OCH3 is 1. The van der Waals surface area contributed by atoms with E-state index in [9.17, 15) is 14.9 Å². The third-order valence-corrected chi connectivity index (χ3v) is 5.28. The van der Waals surface area contributed by atoms with Crippen LogP contribution in [0.3, 0.4) is 0 Å². The number of nitrogens with one attached hydrogen (secondary N) is 1. The number of nitriles is 1. The molecule has 3 N–H and O–H groups in total. The Labute approximate surface area is 191 Å². The van der Waals surface area contributed by atoms with Crippen molar-refractivity contribution in [2.24, 2.45) is 0 Å². The fraction of sp³-hybridized carbons (Fsp3) is 0.435. The third-order valence-electron chi connectivity index (χ3n) is 5.28. The zero-order valence-electron chi connectivity index (χ0n) is 19.1. The molecule has 0 unspecified atom stereocenters. The molecule has 0 atom stereocenters. The Morgan fingerprint density at radius 3 is 2.52 bits per heavy atom. The maximum Gasteiger partial charge on any atom is 0.410 e. The molecule has 33 heavy (non-hydrogen) atoms. The predicted molar refractivity (Wildman–Crippen MR) is 121 cm³/mol. The summed E-state index contributed by atoms with van der Waals surface area (Å²) in [5, 5.41) is 12.7. The maximum atomic E-state index is 15.0. The summed E-state index contributed by atoms with van der Waals surface area (Å²) in [6.07, 6.45) is 2.20. The van der Waals surface area contributed by atoms with Crippen LogP contribution in [0.2, 0.25) is 0 Å². The number of anilines is 2. The number of ether oxygens (including phenoxy) is 2. The molecule has 1 saturated heterocycles. The molecule has 1 fully saturated rings. The Hall–Kier alpha value is -3.74. The van der Waals surface area contributed by atoms with Gasteiger partial charge in [0.15, 0.2) is 5.69 Å². The summed E-state index contributed by atoms with van der Waals surface area (Å²) < 4.78 is 26.5. The molecule has 2 heterocycles. The van der Waals surface area contributed by atoms with E-state index in [1.54, 1.807) is 17.0 Å². The smallest absolute Gasteiger partial charge is 0.410 e. The van der Waals surface area contributed by atoms with Gasteiger partial charge in [0.05, 0.1) is 24.0 Å². The Morgan fingerprint density at radius 1 is 1.27 bits per heavy atom. The molecule has 2 aromatic rings. The molecule has 9 nitrogen and oxygen atoms in total. The van der Waals surface area contributed by atoms with Crippen molar-refractivity contribution in [3.63, 3.8) is 0 Å². The maximum absolute atomic E-state index is 15.0. The second kappa shape index (κ2) is 9.40. The van der Waals surface area contributed by atoms with Crippen molar-refractivity contribution < 1.29 is 23.5 Å². The van der Waals surface area contributed by atoms with Crippen LogP contribution in [0.15, 0.2) is 24.4 Å². The van der Waals surface area contributed by atoms with Crippen molar-refractivity contribution >= 4 is 23.4 Å². The highest BCUT2D eigenvalue weighted by molar-refractivity contribution is 5.96. The summed E-state index contributed by atoms with van der Waals surface area (Å²) in [4.78, 5) is 26.3. The van der Waals surface area contributed by atoms with E-state index in [1.165, 1.54) is 23.9 Å². The molecule has 0 spiro atoms. The van der Waals surface area contributed by atoms with Crippen LogP contribution in [0.1, 0.15) is 49.7 Å². The van der Waals surface area contributed by atoms with E-state index in [1.807, 2.05) is 26.8 Å². The number of nitrogens with two attached hydrogens (primary N) is 1. The van der Waals surface area contributed by atoms with Crippen LogP contribution in [0.25, 0.3) is 5.69 Å². The summed E-state index contributed by atoms with van der Waals surface area (Å²) in [7, 11) is 1.18. The summed E-state index contributed by atoms with van der Waals surface area (Å²) in [5.41, 5.74) is 5.71. The number of likely N-dealkylation sites (tertiary alicyclic amines) is 1. The molecule has 1 aromatic heterocycles. The number of hydrogen-bond donors (Lipinski definition) is 2. The Bertz CT molecular complexity index is 1090. The summed E-state index contributed by atoms with van der Waals surface area (Å²) in [6, 6.07) is 6.35. The average molecular weight is 458 g/mol. The van der Waals surface area contributed by atoms with Gasteiger partial charge >= 0.3 is 12.1 Å².